The van der Waals surface area contributed by atoms with Gasteiger partial charge in [0.15, 0.2) is 11.5 Å². The third kappa shape index (κ3) is 4.54. The zero-order chi connectivity index (χ0) is 14.2. The normalized spacial score (nSPS) is 19.8. The Bertz CT molecular complexity index is 402. The first kappa shape index (κ1) is 15.4. The number of halogens is 1. The fraction of sp³-hybridized carbons (Fsp3) is 0.600. The van der Waals surface area contributed by atoms with Crippen LogP contribution < -0.4 is 9.47 Å². The number of alkyl halides is 1. The van der Waals surface area contributed by atoms with Gasteiger partial charge in [-0.25, -0.2) is 0 Å². The van der Waals surface area contributed by atoms with E-state index in [2.05, 4.69) is 4.90 Å². The summed E-state index contributed by atoms with van der Waals surface area (Å²) in [5.74, 6) is 2.15. The molecular weight excluding hydrogens is 278 g/mol. The highest BCUT2D eigenvalue weighted by atomic mass is 35.5. The SMILES string of the molecule is CCOc1ccccc1OCCN1CCOC(CCl)C1. The molecule has 112 valence electrons. The van der Waals surface area contributed by atoms with Gasteiger partial charge < -0.3 is 14.2 Å². The molecule has 0 spiro atoms. The second-order valence-corrected chi connectivity index (χ2v) is 4.98. The number of benzene rings is 1. The molecule has 2 rings (SSSR count). The van der Waals surface area contributed by atoms with Crippen LogP contribution in [-0.2, 0) is 4.74 Å². The van der Waals surface area contributed by atoms with E-state index >= 15 is 0 Å². The molecule has 0 aliphatic carbocycles. The minimum atomic E-state index is 0.140. The van der Waals surface area contributed by atoms with Crippen LogP contribution in [0.4, 0.5) is 0 Å². The summed E-state index contributed by atoms with van der Waals surface area (Å²) in [6.45, 7) is 6.67. The molecule has 4 nitrogen and oxygen atoms in total. The summed E-state index contributed by atoms with van der Waals surface area (Å²) in [6, 6.07) is 7.77. The summed E-state index contributed by atoms with van der Waals surface area (Å²) >= 11 is 5.83. The molecule has 1 fully saturated rings. The average Bonchev–Trinajstić information content (AvgIpc) is 2.49. The minimum absolute atomic E-state index is 0.140. The third-order valence-corrected chi connectivity index (χ3v) is 3.55. The van der Waals surface area contributed by atoms with Crippen LogP contribution in [0.15, 0.2) is 24.3 Å². The van der Waals surface area contributed by atoms with Crippen LogP contribution in [0.5, 0.6) is 11.5 Å². The largest absolute Gasteiger partial charge is 0.490 e. The number of morpholine rings is 1. The Balaban J connectivity index is 1.78. The number of nitrogens with zero attached hydrogens (tertiary/aromatic N) is 1. The number of ether oxygens (including phenoxy) is 3. The molecule has 1 heterocycles. The molecule has 0 N–H and O–H groups in total. The topological polar surface area (TPSA) is 30.9 Å². The lowest BCUT2D eigenvalue weighted by molar-refractivity contribution is -0.0197. The van der Waals surface area contributed by atoms with Crippen LogP contribution >= 0.6 is 11.6 Å². The summed E-state index contributed by atoms with van der Waals surface area (Å²) in [7, 11) is 0. The molecule has 1 atom stereocenters. The Morgan fingerprint density at radius 1 is 1.30 bits per heavy atom. The zero-order valence-electron chi connectivity index (χ0n) is 11.9. The Hall–Kier alpha value is -0.970. The number of para-hydroxylation sites is 2. The fourth-order valence-corrected chi connectivity index (χ4v) is 2.39. The maximum absolute atomic E-state index is 5.83. The van der Waals surface area contributed by atoms with Gasteiger partial charge in [0.25, 0.3) is 0 Å². The van der Waals surface area contributed by atoms with E-state index in [1.54, 1.807) is 0 Å². The second-order valence-electron chi connectivity index (χ2n) is 4.68. The summed E-state index contributed by atoms with van der Waals surface area (Å²) in [5, 5.41) is 0. The molecule has 0 aromatic heterocycles. The van der Waals surface area contributed by atoms with E-state index in [1.165, 1.54) is 0 Å². The van der Waals surface area contributed by atoms with Gasteiger partial charge in [0.05, 0.1) is 19.3 Å². The number of rotatable bonds is 7. The Morgan fingerprint density at radius 3 is 2.75 bits per heavy atom. The molecule has 1 aromatic rings. The summed E-state index contributed by atoms with van der Waals surface area (Å²) in [5.41, 5.74) is 0. The maximum atomic E-state index is 5.83. The van der Waals surface area contributed by atoms with Gasteiger partial charge in [-0.1, -0.05) is 12.1 Å². The first-order valence-electron chi connectivity index (χ1n) is 7.08. The summed E-state index contributed by atoms with van der Waals surface area (Å²) in [6.07, 6.45) is 0.140. The van der Waals surface area contributed by atoms with Crippen molar-refractivity contribution in [3.8, 4) is 11.5 Å². The summed E-state index contributed by atoms with van der Waals surface area (Å²) < 4.78 is 16.9. The molecule has 1 saturated heterocycles. The highest BCUT2D eigenvalue weighted by Gasteiger charge is 2.19. The predicted molar refractivity (Wildman–Crippen MR) is 80.0 cm³/mol. The standard InChI is InChI=1S/C15H22ClNO3/c1-2-18-14-5-3-4-6-15(14)20-10-8-17-7-9-19-13(11-16)12-17/h3-6,13H,2,7-12H2,1H3. The average molecular weight is 300 g/mol. The van der Waals surface area contributed by atoms with E-state index in [0.29, 0.717) is 19.1 Å². The van der Waals surface area contributed by atoms with Crippen LogP contribution in [0, 0.1) is 0 Å². The lowest BCUT2D eigenvalue weighted by atomic mass is 10.3. The molecule has 1 aliphatic heterocycles. The predicted octanol–water partition coefficient (Wildman–Crippen LogP) is 2.40. The van der Waals surface area contributed by atoms with Crippen molar-refractivity contribution in [2.24, 2.45) is 0 Å². The van der Waals surface area contributed by atoms with E-state index in [0.717, 1.165) is 37.7 Å². The van der Waals surface area contributed by atoms with Gasteiger partial charge in [0.2, 0.25) is 0 Å². The van der Waals surface area contributed by atoms with Crippen LogP contribution in [0.1, 0.15) is 6.92 Å². The molecule has 5 heteroatoms. The van der Waals surface area contributed by atoms with E-state index in [1.807, 2.05) is 31.2 Å². The maximum Gasteiger partial charge on any atom is 0.161 e. The highest BCUT2D eigenvalue weighted by molar-refractivity contribution is 6.18. The smallest absolute Gasteiger partial charge is 0.161 e. The Labute approximate surface area is 125 Å². The van der Waals surface area contributed by atoms with E-state index in [9.17, 15) is 0 Å². The van der Waals surface area contributed by atoms with Crippen molar-refractivity contribution < 1.29 is 14.2 Å². The van der Waals surface area contributed by atoms with Crippen molar-refractivity contribution >= 4 is 11.6 Å². The van der Waals surface area contributed by atoms with Crippen molar-refractivity contribution in [1.82, 2.24) is 4.90 Å². The van der Waals surface area contributed by atoms with Crippen LogP contribution in [0.2, 0.25) is 0 Å². The van der Waals surface area contributed by atoms with Crippen LogP contribution in [0.25, 0.3) is 0 Å². The molecular formula is C15H22ClNO3. The molecule has 1 aliphatic rings. The van der Waals surface area contributed by atoms with E-state index in [-0.39, 0.29) is 6.10 Å². The first-order valence-corrected chi connectivity index (χ1v) is 7.61. The zero-order valence-corrected chi connectivity index (χ0v) is 12.6. The van der Waals surface area contributed by atoms with Crippen molar-refractivity contribution in [3.05, 3.63) is 24.3 Å². The molecule has 0 amide bonds. The van der Waals surface area contributed by atoms with Crippen molar-refractivity contribution in [2.45, 2.75) is 13.0 Å². The molecule has 0 radical (unpaired) electrons. The van der Waals surface area contributed by atoms with Crippen LogP contribution in [0.3, 0.4) is 0 Å². The fourth-order valence-electron chi connectivity index (χ4n) is 2.21. The van der Waals surface area contributed by atoms with Gasteiger partial charge in [-0.15, -0.1) is 11.6 Å². The molecule has 1 aromatic carbocycles. The molecule has 1 unspecified atom stereocenters. The van der Waals surface area contributed by atoms with Gasteiger partial charge in [-0.05, 0) is 19.1 Å². The summed E-state index contributed by atoms with van der Waals surface area (Å²) in [4.78, 5) is 2.32. The number of hydrogen-bond donors (Lipinski definition) is 0. The quantitative estimate of drug-likeness (QED) is 0.724. The van der Waals surface area contributed by atoms with Gasteiger partial charge in [-0.2, -0.15) is 0 Å². The highest BCUT2D eigenvalue weighted by Crippen LogP contribution is 2.26. The Morgan fingerprint density at radius 2 is 2.05 bits per heavy atom. The Kier molecular flexibility index (Phi) is 6.43. The molecule has 20 heavy (non-hydrogen) atoms. The van der Waals surface area contributed by atoms with Crippen molar-refractivity contribution in [2.75, 3.05) is 45.3 Å². The van der Waals surface area contributed by atoms with Gasteiger partial charge in [0.1, 0.15) is 6.61 Å². The molecule has 0 bridgehead atoms. The van der Waals surface area contributed by atoms with Crippen molar-refractivity contribution in [1.29, 1.82) is 0 Å². The molecule has 0 saturated carbocycles. The van der Waals surface area contributed by atoms with Crippen molar-refractivity contribution in [3.63, 3.8) is 0 Å². The number of hydrogen-bond acceptors (Lipinski definition) is 4. The second kappa shape index (κ2) is 8.35. The van der Waals surface area contributed by atoms with E-state index < -0.39 is 0 Å². The lowest BCUT2D eigenvalue weighted by Gasteiger charge is -2.31. The monoisotopic (exact) mass is 299 g/mol. The van der Waals surface area contributed by atoms with Gasteiger partial charge in [0, 0.05) is 25.5 Å². The van der Waals surface area contributed by atoms with E-state index in [4.69, 9.17) is 25.8 Å². The first-order chi connectivity index (χ1) is 9.83. The minimum Gasteiger partial charge on any atom is -0.490 e. The third-order valence-electron chi connectivity index (χ3n) is 3.21. The van der Waals surface area contributed by atoms with Gasteiger partial charge in [-0.3, -0.25) is 4.90 Å². The lowest BCUT2D eigenvalue weighted by Crippen LogP contribution is -2.44. The van der Waals surface area contributed by atoms with Gasteiger partial charge >= 0.3 is 0 Å². The van der Waals surface area contributed by atoms with Crippen LogP contribution in [-0.4, -0.2) is 56.3 Å².